The molecule has 0 aliphatic carbocycles. The summed E-state index contributed by atoms with van der Waals surface area (Å²) in [7, 11) is 0. The van der Waals surface area contributed by atoms with Crippen molar-refractivity contribution < 1.29 is 4.79 Å². The zero-order valence-electron chi connectivity index (χ0n) is 18.0. The Kier molecular flexibility index (Phi) is 7.16. The van der Waals surface area contributed by atoms with Gasteiger partial charge in [-0.2, -0.15) is 0 Å². The Morgan fingerprint density at radius 3 is 2.20 bits per heavy atom. The van der Waals surface area contributed by atoms with Gasteiger partial charge in [-0.1, -0.05) is 82.6 Å². The summed E-state index contributed by atoms with van der Waals surface area (Å²) in [4.78, 5) is 17.7. The summed E-state index contributed by atoms with van der Waals surface area (Å²) in [5, 5.41) is 8.39. The lowest BCUT2D eigenvalue weighted by Gasteiger charge is -2.20. The standard InChI is InChI=1S/C24H28ClN3OS/c1-6-20-26-22(18-10-7-8-13-19(18)25)23(30-20)28-24(29)27-21-16(14(2)3)11-9-12-17(21)15(4)5/h7-15H,6H2,1-5H3,(H2,27,28,29). The number of hydrogen-bond acceptors (Lipinski definition) is 3. The number of anilines is 2. The second-order valence-corrected chi connectivity index (χ2v) is 9.31. The van der Waals surface area contributed by atoms with Crippen LogP contribution in [0.15, 0.2) is 42.5 Å². The predicted octanol–water partition coefficient (Wildman–Crippen LogP) is 7.92. The van der Waals surface area contributed by atoms with E-state index in [-0.39, 0.29) is 6.03 Å². The van der Waals surface area contributed by atoms with Crippen LogP contribution in [0.4, 0.5) is 15.5 Å². The normalized spacial score (nSPS) is 11.2. The molecule has 158 valence electrons. The Labute approximate surface area is 187 Å². The van der Waals surface area contributed by atoms with E-state index < -0.39 is 0 Å². The quantitative estimate of drug-likeness (QED) is 0.408. The highest BCUT2D eigenvalue weighted by atomic mass is 35.5. The van der Waals surface area contributed by atoms with Crippen LogP contribution in [0.1, 0.15) is 62.6 Å². The average molecular weight is 442 g/mol. The van der Waals surface area contributed by atoms with E-state index in [2.05, 4.69) is 56.5 Å². The maximum absolute atomic E-state index is 13.0. The van der Waals surface area contributed by atoms with Gasteiger partial charge < -0.3 is 5.32 Å². The summed E-state index contributed by atoms with van der Waals surface area (Å²) in [5.41, 5.74) is 4.66. The van der Waals surface area contributed by atoms with E-state index in [4.69, 9.17) is 16.6 Å². The van der Waals surface area contributed by atoms with E-state index in [1.807, 2.05) is 31.2 Å². The summed E-state index contributed by atoms with van der Waals surface area (Å²) in [6.45, 7) is 10.6. The Hall–Kier alpha value is -2.37. The lowest BCUT2D eigenvalue weighted by Crippen LogP contribution is -2.21. The van der Waals surface area contributed by atoms with Gasteiger partial charge in [-0.15, -0.1) is 11.3 Å². The Morgan fingerprint density at radius 1 is 1.00 bits per heavy atom. The number of carbonyl (C=O) groups excluding carboxylic acids is 1. The molecule has 0 aliphatic heterocycles. The highest BCUT2D eigenvalue weighted by Crippen LogP contribution is 2.38. The molecule has 6 heteroatoms. The third-order valence-corrected chi connectivity index (χ3v) is 6.39. The fourth-order valence-electron chi connectivity index (χ4n) is 3.38. The van der Waals surface area contributed by atoms with E-state index in [1.54, 1.807) is 0 Å². The molecule has 2 aromatic carbocycles. The largest absolute Gasteiger partial charge is 0.324 e. The minimum Gasteiger partial charge on any atom is -0.307 e. The fraction of sp³-hybridized carbons (Fsp3) is 0.333. The highest BCUT2D eigenvalue weighted by Gasteiger charge is 2.19. The number of hydrogen-bond donors (Lipinski definition) is 2. The fourth-order valence-corrected chi connectivity index (χ4v) is 4.52. The zero-order chi connectivity index (χ0) is 21.8. The SMILES string of the molecule is CCc1nc(-c2ccccc2Cl)c(NC(=O)Nc2c(C(C)C)cccc2C(C)C)s1. The molecule has 0 radical (unpaired) electrons. The molecule has 0 unspecified atom stereocenters. The monoisotopic (exact) mass is 441 g/mol. The van der Waals surface area contributed by atoms with Crippen molar-refractivity contribution >= 4 is 39.7 Å². The van der Waals surface area contributed by atoms with Gasteiger partial charge in [0, 0.05) is 11.3 Å². The van der Waals surface area contributed by atoms with Gasteiger partial charge in [-0.05, 0) is 35.4 Å². The van der Waals surface area contributed by atoms with Gasteiger partial charge >= 0.3 is 6.03 Å². The second kappa shape index (κ2) is 9.63. The first-order valence-corrected chi connectivity index (χ1v) is 11.5. The van der Waals surface area contributed by atoms with Gasteiger partial charge in [0.25, 0.3) is 0 Å². The number of nitrogens with zero attached hydrogens (tertiary/aromatic N) is 1. The number of thiazole rings is 1. The maximum atomic E-state index is 13.0. The Balaban J connectivity index is 1.93. The van der Waals surface area contributed by atoms with Crippen molar-refractivity contribution in [1.82, 2.24) is 4.98 Å². The van der Waals surface area contributed by atoms with Crippen molar-refractivity contribution in [3.05, 3.63) is 63.6 Å². The molecule has 2 N–H and O–H groups in total. The minimum absolute atomic E-state index is 0.274. The molecule has 4 nitrogen and oxygen atoms in total. The van der Waals surface area contributed by atoms with Crippen molar-refractivity contribution in [3.63, 3.8) is 0 Å². The Bertz CT molecular complexity index is 1020. The number of urea groups is 1. The summed E-state index contributed by atoms with van der Waals surface area (Å²) < 4.78 is 0. The third kappa shape index (κ3) is 4.85. The van der Waals surface area contributed by atoms with Crippen LogP contribution in [0.3, 0.4) is 0 Å². The third-order valence-electron chi connectivity index (χ3n) is 4.94. The molecule has 3 rings (SSSR count). The molecule has 0 saturated heterocycles. The van der Waals surface area contributed by atoms with E-state index in [0.29, 0.717) is 27.6 Å². The van der Waals surface area contributed by atoms with Gasteiger partial charge in [-0.3, -0.25) is 5.32 Å². The van der Waals surface area contributed by atoms with Gasteiger partial charge in [0.15, 0.2) is 0 Å². The van der Waals surface area contributed by atoms with Gasteiger partial charge in [0.05, 0.1) is 10.0 Å². The Morgan fingerprint density at radius 2 is 1.63 bits per heavy atom. The zero-order valence-corrected chi connectivity index (χ0v) is 19.6. The minimum atomic E-state index is -0.274. The lowest BCUT2D eigenvalue weighted by atomic mass is 9.93. The number of benzene rings is 2. The predicted molar refractivity (Wildman–Crippen MR) is 129 cm³/mol. The number of aryl methyl sites for hydroxylation is 1. The number of carbonyl (C=O) groups is 1. The van der Waals surface area contributed by atoms with Gasteiger partial charge in [0.1, 0.15) is 10.7 Å². The lowest BCUT2D eigenvalue weighted by molar-refractivity contribution is 0.262. The molecule has 1 heterocycles. The van der Waals surface area contributed by atoms with Crippen LogP contribution in [0, 0.1) is 0 Å². The summed E-state index contributed by atoms with van der Waals surface area (Å²) in [5.74, 6) is 0.598. The second-order valence-electron chi connectivity index (χ2n) is 7.82. The first-order chi connectivity index (χ1) is 14.3. The molecule has 2 amide bonds. The van der Waals surface area contributed by atoms with Crippen LogP contribution in [0.5, 0.6) is 0 Å². The molecule has 0 atom stereocenters. The summed E-state index contributed by atoms with van der Waals surface area (Å²) in [6.07, 6.45) is 0.791. The number of amides is 2. The van der Waals surface area contributed by atoms with Crippen LogP contribution >= 0.6 is 22.9 Å². The number of nitrogens with one attached hydrogen (secondary N) is 2. The first kappa shape index (κ1) is 22.3. The van der Waals surface area contributed by atoms with Gasteiger partial charge in [0.2, 0.25) is 0 Å². The van der Waals surface area contributed by atoms with Crippen molar-refractivity contribution in [1.29, 1.82) is 0 Å². The molecule has 0 fully saturated rings. The average Bonchev–Trinajstić information content (AvgIpc) is 3.10. The van der Waals surface area contributed by atoms with Crippen LogP contribution in [-0.4, -0.2) is 11.0 Å². The number of para-hydroxylation sites is 1. The topological polar surface area (TPSA) is 54.0 Å². The van der Waals surface area contributed by atoms with Crippen LogP contribution in [0.2, 0.25) is 5.02 Å². The van der Waals surface area contributed by atoms with Crippen LogP contribution in [0.25, 0.3) is 11.3 Å². The van der Waals surface area contributed by atoms with Crippen molar-refractivity contribution in [3.8, 4) is 11.3 Å². The molecule has 1 aromatic heterocycles. The highest BCUT2D eigenvalue weighted by molar-refractivity contribution is 7.16. The van der Waals surface area contributed by atoms with E-state index in [0.717, 1.165) is 33.8 Å². The molecular weight excluding hydrogens is 414 g/mol. The smallest absolute Gasteiger partial charge is 0.307 e. The maximum Gasteiger partial charge on any atom is 0.324 e. The number of halogens is 1. The molecule has 0 spiro atoms. The molecule has 3 aromatic rings. The van der Waals surface area contributed by atoms with Gasteiger partial charge in [-0.25, -0.2) is 9.78 Å². The van der Waals surface area contributed by atoms with E-state index in [9.17, 15) is 4.79 Å². The molecule has 0 saturated carbocycles. The molecule has 0 aliphatic rings. The van der Waals surface area contributed by atoms with Crippen molar-refractivity contribution in [2.75, 3.05) is 10.6 Å². The molecular formula is C24H28ClN3OS. The first-order valence-electron chi connectivity index (χ1n) is 10.3. The van der Waals surface area contributed by atoms with E-state index >= 15 is 0 Å². The summed E-state index contributed by atoms with van der Waals surface area (Å²) in [6, 6.07) is 13.5. The summed E-state index contributed by atoms with van der Waals surface area (Å²) >= 11 is 7.88. The van der Waals surface area contributed by atoms with Crippen LogP contribution in [-0.2, 0) is 6.42 Å². The van der Waals surface area contributed by atoms with E-state index in [1.165, 1.54) is 11.3 Å². The molecule has 0 bridgehead atoms. The van der Waals surface area contributed by atoms with Crippen molar-refractivity contribution in [2.24, 2.45) is 0 Å². The number of rotatable bonds is 6. The van der Waals surface area contributed by atoms with Crippen LogP contribution < -0.4 is 10.6 Å². The van der Waals surface area contributed by atoms with Crippen molar-refractivity contribution in [2.45, 2.75) is 52.9 Å². The number of aromatic nitrogens is 1. The molecule has 30 heavy (non-hydrogen) atoms.